The van der Waals surface area contributed by atoms with Crippen molar-refractivity contribution in [1.29, 1.82) is 0 Å². The average molecular weight is 404 g/mol. The van der Waals surface area contributed by atoms with Crippen LogP contribution in [0.5, 0.6) is 5.75 Å². The molecular formula is C21H19F3N2O3. The van der Waals surface area contributed by atoms with E-state index in [9.17, 15) is 18.0 Å². The first-order valence-electron chi connectivity index (χ1n) is 9.00. The number of halogens is 3. The van der Waals surface area contributed by atoms with Gasteiger partial charge in [-0.25, -0.2) is 4.98 Å². The Hall–Kier alpha value is -3.29. The number of anilines is 1. The van der Waals surface area contributed by atoms with E-state index in [4.69, 9.17) is 9.15 Å². The number of nitrogens with zero attached hydrogens (tertiary/aromatic N) is 1. The average Bonchev–Trinajstić information content (AvgIpc) is 3.16. The van der Waals surface area contributed by atoms with Gasteiger partial charge in [0.15, 0.2) is 11.7 Å². The molecule has 1 aromatic heterocycles. The summed E-state index contributed by atoms with van der Waals surface area (Å²) in [5.74, 6) is 1.39. The van der Waals surface area contributed by atoms with Crippen LogP contribution in [0.2, 0.25) is 0 Å². The molecule has 0 saturated carbocycles. The summed E-state index contributed by atoms with van der Waals surface area (Å²) in [7, 11) is 0. The molecule has 29 heavy (non-hydrogen) atoms. The summed E-state index contributed by atoms with van der Waals surface area (Å²) in [5, 5.41) is 2.56. The SMILES string of the molecule is CCOc1ccc(-c2cnc(CCC(=O)Nc3ccc(C(F)(F)F)cc3)o2)cc1. The summed E-state index contributed by atoms with van der Waals surface area (Å²) in [5.41, 5.74) is 0.365. The van der Waals surface area contributed by atoms with Crippen molar-refractivity contribution in [2.24, 2.45) is 0 Å². The molecule has 152 valence electrons. The maximum atomic E-state index is 12.6. The van der Waals surface area contributed by atoms with Crippen LogP contribution in [-0.4, -0.2) is 17.5 Å². The second-order valence-corrected chi connectivity index (χ2v) is 6.20. The van der Waals surface area contributed by atoms with E-state index >= 15 is 0 Å². The molecule has 0 saturated heterocycles. The fourth-order valence-electron chi connectivity index (χ4n) is 2.63. The summed E-state index contributed by atoms with van der Waals surface area (Å²) in [6, 6.07) is 11.7. The third kappa shape index (κ3) is 5.60. The zero-order valence-corrected chi connectivity index (χ0v) is 15.6. The summed E-state index contributed by atoms with van der Waals surface area (Å²) < 4.78 is 48.7. The highest BCUT2D eigenvalue weighted by atomic mass is 19.4. The fourth-order valence-corrected chi connectivity index (χ4v) is 2.63. The smallest absolute Gasteiger partial charge is 0.416 e. The van der Waals surface area contributed by atoms with Gasteiger partial charge in [-0.05, 0) is 55.5 Å². The zero-order chi connectivity index (χ0) is 20.9. The molecule has 0 unspecified atom stereocenters. The van der Waals surface area contributed by atoms with Gasteiger partial charge >= 0.3 is 6.18 Å². The third-order valence-corrected chi connectivity index (χ3v) is 4.07. The summed E-state index contributed by atoms with van der Waals surface area (Å²) in [6.45, 7) is 2.49. The number of hydrogen-bond acceptors (Lipinski definition) is 4. The van der Waals surface area contributed by atoms with Crippen molar-refractivity contribution >= 4 is 11.6 Å². The number of amides is 1. The summed E-state index contributed by atoms with van der Waals surface area (Å²) in [6.07, 6.45) is -2.47. The topological polar surface area (TPSA) is 64.4 Å². The van der Waals surface area contributed by atoms with E-state index < -0.39 is 11.7 Å². The monoisotopic (exact) mass is 404 g/mol. The fraction of sp³-hybridized carbons (Fsp3) is 0.238. The molecule has 8 heteroatoms. The molecule has 0 aliphatic carbocycles. The Bertz CT molecular complexity index is 949. The predicted molar refractivity (Wildman–Crippen MR) is 102 cm³/mol. The van der Waals surface area contributed by atoms with Crippen molar-refractivity contribution in [2.75, 3.05) is 11.9 Å². The minimum absolute atomic E-state index is 0.0876. The highest BCUT2D eigenvalue weighted by molar-refractivity contribution is 5.90. The van der Waals surface area contributed by atoms with Gasteiger partial charge in [-0.3, -0.25) is 4.79 Å². The van der Waals surface area contributed by atoms with Gasteiger partial charge < -0.3 is 14.5 Å². The molecule has 3 rings (SSSR count). The van der Waals surface area contributed by atoms with Crippen molar-refractivity contribution in [1.82, 2.24) is 4.98 Å². The summed E-state index contributed by atoms with van der Waals surface area (Å²) >= 11 is 0. The van der Waals surface area contributed by atoms with E-state index in [1.165, 1.54) is 12.1 Å². The van der Waals surface area contributed by atoms with Gasteiger partial charge in [0.2, 0.25) is 5.91 Å². The normalized spacial score (nSPS) is 11.3. The van der Waals surface area contributed by atoms with Crippen LogP contribution in [0.15, 0.2) is 59.1 Å². The second kappa shape index (κ2) is 8.81. The van der Waals surface area contributed by atoms with Crippen LogP contribution < -0.4 is 10.1 Å². The third-order valence-electron chi connectivity index (χ3n) is 4.07. The number of aromatic nitrogens is 1. The number of nitrogens with one attached hydrogen (secondary N) is 1. The number of carbonyl (C=O) groups excluding carboxylic acids is 1. The maximum Gasteiger partial charge on any atom is 0.416 e. The standard InChI is InChI=1S/C21H19F3N2O3/c1-2-28-17-9-3-14(4-10-17)18-13-25-20(29-18)12-11-19(27)26-16-7-5-15(6-8-16)21(22,23)24/h3-10,13H,2,11-12H2,1H3,(H,26,27). The summed E-state index contributed by atoms with van der Waals surface area (Å²) in [4.78, 5) is 16.2. The Kier molecular flexibility index (Phi) is 6.21. The number of benzene rings is 2. The van der Waals surface area contributed by atoms with E-state index in [-0.39, 0.29) is 18.7 Å². The molecule has 3 aromatic rings. The van der Waals surface area contributed by atoms with E-state index in [2.05, 4.69) is 10.3 Å². The van der Waals surface area contributed by atoms with Crippen LogP contribution >= 0.6 is 0 Å². The molecule has 1 amide bonds. The van der Waals surface area contributed by atoms with Crippen molar-refractivity contribution in [3.63, 3.8) is 0 Å². The minimum Gasteiger partial charge on any atom is -0.494 e. The van der Waals surface area contributed by atoms with E-state index in [0.29, 0.717) is 23.9 Å². The van der Waals surface area contributed by atoms with Gasteiger partial charge in [-0.2, -0.15) is 13.2 Å². The molecule has 5 nitrogen and oxygen atoms in total. The number of alkyl halides is 3. The molecule has 0 spiro atoms. The number of ether oxygens (including phenoxy) is 1. The lowest BCUT2D eigenvalue weighted by Crippen LogP contribution is -2.13. The molecule has 0 atom stereocenters. The highest BCUT2D eigenvalue weighted by Gasteiger charge is 2.29. The zero-order valence-electron chi connectivity index (χ0n) is 15.6. The lowest BCUT2D eigenvalue weighted by molar-refractivity contribution is -0.137. The maximum absolute atomic E-state index is 12.6. The molecule has 1 heterocycles. The molecule has 2 aromatic carbocycles. The second-order valence-electron chi connectivity index (χ2n) is 6.20. The van der Waals surface area contributed by atoms with Gasteiger partial charge in [0, 0.05) is 24.1 Å². The van der Waals surface area contributed by atoms with Crippen LogP contribution in [-0.2, 0) is 17.4 Å². The molecule has 0 fully saturated rings. The van der Waals surface area contributed by atoms with Gasteiger partial charge in [-0.15, -0.1) is 0 Å². The highest BCUT2D eigenvalue weighted by Crippen LogP contribution is 2.30. The largest absolute Gasteiger partial charge is 0.494 e. The number of carbonyl (C=O) groups is 1. The molecule has 0 radical (unpaired) electrons. The van der Waals surface area contributed by atoms with Crippen LogP contribution in [0.1, 0.15) is 24.8 Å². The molecule has 1 N–H and O–H groups in total. The first-order valence-corrected chi connectivity index (χ1v) is 9.00. The van der Waals surface area contributed by atoms with Crippen LogP contribution in [0.25, 0.3) is 11.3 Å². The lowest BCUT2D eigenvalue weighted by Gasteiger charge is -2.08. The van der Waals surface area contributed by atoms with Crippen molar-refractivity contribution in [3.8, 4) is 17.1 Å². The van der Waals surface area contributed by atoms with Crippen molar-refractivity contribution in [2.45, 2.75) is 25.9 Å². The Morgan fingerprint density at radius 3 is 2.41 bits per heavy atom. The van der Waals surface area contributed by atoms with Crippen LogP contribution in [0.4, 0.5) is 18.9 Å². The van der Waals surface area contributed by atoms with Crippen LogP contribution in [0, 0.1) is 0 Å². The Labute approximate surface area is 165 Å². The Morgan fingerprint density at radius 1 is 1.10 bits per heavy atom. The molecule has 0 aliphatic rings. The number of rotatable bonds is 7. The van der Waals surface area contributed by atoms with Crippen molar-refractivity contribution in [3.05, 3.63) is 66.2 Å². The van der Waals surface area contributed by atoms with Gasteiger partial charge in [0.1, 0.15) is 5.75 Å². The first kappa shape index (κ1) is 20.4. The minimum atomic E-state index is -4.41. The van der Waals surface area contributed by atoms with Crippen molar-refractivity contribution < 1.29 is 27.1 Å². The molecule has 0 bridgehead atoms. The molecular weight excluding hydrogens is 385 g/mol. The number of hydrogen-bond donors (Lipinski definition) is 1. The number of aryl methyl sites for hydroxylation is 1. The van der Waals surface area contributed by atoms with Gasteiger partial charge in [0.25, 0.3) is 0 Å². The lowest BCUT2D eigenvalue weighted by atomic mass is 10.2. The Morgan fingerprint density at radius 2 is 1.79 bits per heavy atom. The first-order chi connectivity index (χ1) is 13.8. The van der Waals surface area contributed by atoms with Gasteiger partial charge in [0.05, 0.1) is 18.4 Å². The van der Waals surface area contributed by atoms with E-state index in [0.717, 1.165) is 23.4 Å². The van der Waals surface area contributed by atoms with E-state index in [1.807, 2.05) is 31.2 Å². The quantitative estimate of drug-likeness (QED) is 0.578. The predicted octanol–water partition coefficient (Wildman–Crippen LogP) is 5.33. The molecule has 0 aliphatic heterocycles. The Balaban J connectivity index is 1.53. The number of oxazole rings is 1. The van der Waals surface area contributed by atoms with Crippen LogP contribution in [0.3, 0.4) is 0 Å². The van der Waals surface area contributed by atoms with Gasteiger partial charge in [-0.1, -0.05) is 0 Å². The van der Waals surface area contributed by atoms with E-state index in [1.54, 1.807) is 6.20 Å².